The largest absolute Gasteiger partial charge is 0.326 e. The maximum atomic E-state index is 11.7. The molecule has 0 bridgehead atoms. The highest BCUT2D eigenvalue weighted by molar-refractivity contribution is 5.91. The monoisotopic (exact) mass is 259 g/mol. The topological polar surface area (TPSA) is 29.1 Å². The summed E-state index contributed by atoms with van der Waals surface area (Å²) in [5.41, 5.74) is 4.16. The highest BCUT2D eigenvalue weighted by atomic mass is 16.1. The Morgan fingerprint density at radius 2 is 2.00 bits per heavy atom. The summed E-state index contributed by atoms with van der Waals surface area (Å²) in [7, 11) is 0. The van der Waals surface area contributed by atoms with Crippen LogP contribution in [0, 0.1) is 0 Å². The molecule has 0 saturated heterocycles. The van der Waals surface area contributed by atoms with E-state index in [0.29, 0.717) is 17.8 Å². The smallest absolute Gasteiger partial charge is 0.224 e. The summed E-state index contributed by atoms with van der Waals surface area (Å²) in [5, 5.41) is 3.07. The van der Waals surface area contributed by atoms with Gasteiger partial charge in [0.25, 0.3) is 0 Å². The normalized spacial score (nSPS) is 20.1. The van der Waals surface area contributed by atoms with Crippen molar-refractivity contribution in [2.24, 2.45) is 0 Å². The molecule has 1 aliphatic carbocycles. The molecule has 1 N–H and O–H groups in total. The fourth-order valence-electron chi connectivity index (χ4n) is 3.62. The van der Waals surface area contributed by atoms with E-state index >= 15 is 0 Å². The number of carbonyl (C=O) groups is 1. The zero-order chi connectivity index (χ0) is 14.0. The van der Waals surface area contributed by atoms with Gasteiger partial charge in [-0.15, -0.1) is 0 Å². The van der Waals surface area contributed by atoms with Crippen molar-refractivity contribution in [2.75, 3.05) is 5.32 Å². The lowest BCUT2D eigenvalue weighted by atomic mass is 9.77. The Morgan fingerprint density at radius 1 is 1.32 bits per heavy atom. The van der Waals surface area contributed by atoms with Gasteiger partial charge in [-0.3, -0.25) is 4.79 Å². The predicted octanol–water partition coefficient (Wildman–Crippen LogP) is 4.60. The molecular weight excluding hydrogens is 234 g/mol. The van der Waals surface area contributed by atoms with Crippen LogP contribution < -0.4 is 5.32 Å². The lowest BCUT2D eigenvalue weighted by Crippen LogP contribution is -2.20. The Bertz CT molecular complexity index is 474. The summed E-state index contributed by atoms with van der Waals surface area (Å²) in [5.74, 6) is 0.634. The average molecular weight is 259 g/mol. The minimum absolute atomic E-state index is 0.103. The zero-order valence-electron chi connectivity index (χ0n) is 12.5. The summed E-state index contributed by atoms with van der Waals surface area (Å²) in [6.07, 6.45) is 4.08. The zero-order valence-corrected chi connectivity index (χ0v) is 12.5. The molecule has 0 saturated carbocycles. The first kappa shape index (κ1) is 14.1. The minimum atomic E-state index is 0.103. The quantitative estimate of drug-likeness (QED) is 0.841. The van der Waals surface area contributed by atoms with Crippen LogP contribution in [0.3, 0.4) is 0 Å². The Morgan fingerprint density at radius 3 is 2.58 bits per heavy atom. The Balaban J connectivity index is 2.47. The highest BCUT2D eigenvalue weighted by Gasteiger charge is 2.40. The Kier molecular flexibility index (Phi) is 3.98. The molecule has 1 aliphatic rings. The first-order chi connectivity index (χ1) is 9.07. The van der Waals surface area contributed by atoms with Crippen molar-refractivity contribution in [3.8, 4) is 0 Å². The molecule has 2 nitrogen and oxygen atoms in total. The number of hydrogen-bond acceptors (Lipinski definition) is 1. The van der Waals surface area contributed by atoms with Crippen LogP contribution in [0.5, 0.6) is 0 Å². The lowest BCUT2D eigenvalue weighted by Gasteiger charge is -2.28. The molecule has 2 rings (SSSR count). The van der Waals surface area contributed by atoms with Gasteiger partial charge in [-0.25, -0.2) is 0 Å². The van der Waals surface area contributed by atoms with Crippen LogP contribution in [-0.4, -0.2) is 5.91 Å². The van der Waals surface area contributed by atoms with Gasteiger partial charge in [0, 0.05) is 12.1 Å². The SMILES string of the molecule is CCC(=O)Nc1cccc2c1C(C)CC2(CC)CC. The molecular formula is C17H25NO. The summed E-state index contributed by atoms with van der Waals surface area (Å²) >= 11 is 0. The van der Waals surface area contributed by atoms with E-state index in [1.807, 2.05) is 13.0 Å². The maximum Gasteiger partial charge on any atom is 0.224 e. The third-order valence-electron chi connectivity index (χ3n) is 4.82. The molecule has 2 heteroatoms. The first-order valence-electron chi connectivity index (χ1n) is 7.51. The molecule has 0 fully saturated rings. The van der Waals surface area contributed by atoms with E-state index in [1.54, 1.807) is 0 Å². The van der Waals surface area contributed by atoms with E-state index in [1.165, 1.54) is 30.4 Å². The van der Waals surface area contributed by atoms with Crippen molar-refractivity contribution in [3.05, 3.63) is 29.3 Å². The van der Waals surface area contributed by atoms with Gasteiger partial charge in [-0.2, -0.15) is 0 Å². The number of hydrogen-bond donors (Lipinski definition) is 1. The van der Waals surface area contributed by atoms with E-state index in [9.17, 15) is 4.79 Å². The third kappa shape index (κ3) is 2.29. The van der Waals surface area contributed by atoms with Crippen LogP contribution in [0.2, 0.25) is 0 Å². The summed E-state index contributed by atoms with van der Waals surface area (Å²) in [6.45, 7) is 8.74. The number of carbonyl (C=O) groups excluding carboxylic acids is 1. The number of fused-ring (bicyclic) bond motifs is 1. The molecule has 1 atom stereocenters. The number of benzene rings is 1. The molecule has 104 valence electrons. The van der Waals surface area contributed by atoms with Crippen LogP contribution in [-0.2, 0) is 10.2 Å². The van der Waals surface area contributed by atoms with Crippen molar-refractivity contribution < 1.29 is 4.79 Å². The van der Waals surface area contributed by atoms with Crippen LogP contribution in [0.25, 0.3) is 0 Å². The number of rotatable bonds is 4. The van der Waals surface area contributed by atoms with Gasteiger partial charge in [-0.1, -0.05) is 39.8 Å². The fraction of sp³-hybridized carbons (Fsp3) is 0.588. The van der Waals surface area contributed by atoms with Gasteiger partial charge in [-0.05, 0) is 47.8 Å². The lowest BCUT2D eigenvalue weighted by molar-refractivity contribution is -0.115. The number of amides is 1. The molecule has 0 aromatic heterocycles. The second-order valence-electron chi connectivity index (χ2n) is 5.76. The summed E-state index contributed by atoms with van der Waals surface area (Å²) < 4.78 is 0. The summed E-state index contributed by atoms with van der Waals surface area (Å²) in [4.78, 5) is 11.7. The highest BCUT2D eigenvalue weighted by Crippen LogP contribution is 2.52. The van der Waals surface area contributed by atoms with Gasteiger partial charge in [0.1, 0.15) is 0 Å². The van der Waals surface area contributed by atoms with Crippen molar-refractivity contribution in [1.82, 2.24) is 0 Å². The molecule has 1 amide bonds. The van der Waals surface area contributed by atoms with Crippen LogP contribution in [0.4, 0.5) is 5.69 Å². The van der Waals surface area contributed by atoms with Gasteiger partial charge < -0.3 is 5.32 Å². The molecule has 0 radical (unpaired) electrons. The molecule has 0 aliphatic heterocycles. The van der Waals surface area contributed by atoms with Crippen molar-refractivity contribution in [2.45, 2.75) is 64.7 Å². The van der Waals surface area contributed by atoms with Gasteiger partial charge in [0.2, 0.25) is 5.91 Å². The van der Waals surface area contributed by atoms with Gasteiger partial charge in [0.15, 0.2) is 0 Å². The minimum Gasteiger partial charge on any atom is -0.326 e. The molecule has 1 aromatic carbocycles. The molecule has 1 unspecified atom stereocenters. The van der Waals surface area contributed by atoms with Crippen molar-refractivity contribution in [1.29, 1.82) is 0 Å². The first-order valence-corrected chi connectivity index (χ1v) is 7.51. The second kappa shape index (κ2) is 5.36. The van der Waals surface area contributed by atoms with E-state index < -0.39 is 0 Å². The van der Waals surface area contributed by atoms with E-state index in [2.05, 4.69) is 38.2 Å². The second-order valence-corrected chi connectivity index (χ2v) is 5.76. The van der Waals surface area contributed by atoms with Crippen molar-refractivity contribution >= 4 is 11.6 Å². The van der Waals surface area contributed by atoms with Crippen LogP contribution in [0.1, 0.15) is 70.4 Å². The third-order valence-corrected chi connectivity index (χ3v) is 4.82. The van der Waals surface area contributed by atoms with Gasteiger partial charge in [0.05, 0.1) is 0 Å². The van der Waals surface area contributed by atoms with Crippen molar-refractivity contribution in [3.63, 3.8) is 0 Å². The number of nitrogens with one attached hydrogen (secondary N) is 1. The standard InChI is InChI=1S/C17H25NO/c1-5-15(19)18-14-10-8-9-13-16(14)12(4)11-17(13,6-2)7-3/h8-10,12H,5-7,11H2,1-4H3,(H,18,19). The Labute approximate surface area is 116 Å². The van der Waals surface area contributed by atoms with Crippen LogP contribution in [0.15, 0.2) is 18.2 Å². The fourth-order valence-corrected chi connectivity index (χ4v) is 3.62. The van der Waals surface area contributed by atoms with E-state index in [4.69, 9.17) is 0 Å². The number of anilines is 1. The average Bonchev–Trinajstić information content (AvgIpc) is 2.73. The predicted molar refractivity (Wildman–Crippen MR) is 80.7 cm³/mol. The Hall–Kier alpha value is -1.31. The molecule has 1 aromatic rings. The van der Waals surface area contributed by atoms with E-state index in [-0.39, 0.29) is 5.91 Å². The van der Waals surface area contributed by atoms with E-state index in [0.717, 1.165) is 5.69 Å². The van der Waals surface area contributed by atoms with Gasteiger partial charge >= 0.3 is 0 Å². The molecule has 19 heavy (non-hydrogen) atoms. The molecule has 0 spiro atoms. The maximum absolute atomic E-state index is 11.7. The summed E-state index contributed by atoms with van der Waals surface area (Å²) in [6, 6.07) is 6.39. The van der Waals surface area contributed by atoms with Crippen LogP contribution >= 0.6 is 0 Å². The molecule has 0 heterocycles.